The lowest BCUT2D eigenvalue weighted by Gasteiger charge is -2.09. The number of furan rings is 1. The molecule has 0 saturated heterocycles. The number of halogens is 2. The average molecular weight is 371 g/mol. The lowest BCUT2D eigenvalue weighted by molar-refractivity contribution is 0.344. The predicted octanol–water partition coefficient (Wildman–Crippen LogP) is 3.73. The zero-order chi connectivity index (χ0) is 16.2. The van der Waals surface area contributed by atoms with E-state index in [2.05, 4.69) is 10.2 Å². The molecule has 0 aliphatic rings. The highest BCUT2D eigenvalue weighted by molar-refractivity contribution is 7.99. The van der Waals surface area contributed by atoms with Gasteiger partial charge in [0.2, 0.25) is 11.0 Å². The van der Waals surface area contributed by atoms with Crippen LogP contribution in [0.1, 0.15) is 0 Å². The van der Waals surface area contributed by atoms with Crippen molar-refractivity contribution in [3.05, 3.63) is 46.6 Å². The number of nitrogen functional groups attached to an aromatic ring is 1. The maximum absolute atomic E-state index is 6.04. The first-order valence-electron chi connectivity index (χ1n) is 6.61. The number of rotatable bonds is 6. The van der Waals surface area contributed by atoms with Gasteiger partial charge in [0.1, 0.15) is 0 Å². The van der Waals surface area contributed by atoms with Gasteiger partial charge >= 0.3 is 0 Å². The number of hydrogen-bond acceptors (Lipinski definition) is 6. The normalized spacial score (nSPS) is 10.9. The van der Waals surface area contributed by atoms with Crippen LogP contribution in [0.4, 0.5) is 0 Å². The second kappa shape index (κ2) is 7.16. The molecule has 1 aromatic carbocycles. The highest BCUT2D eigenvalue weighted by Crippen LogP contribution is 2.32. The first-order chi connectivity index (χ1) is 11.2. The molecule has 0 fully saturated rings. The van der Waals surface area contributed by atoms with Gasteiger partial charge < -0.3 is 15.0 Å². The summed E-state index contributed by atoms with van der Waals surface area (Å²) in [5.74, 6) is 8.07. The highest BCUT2D eigenvalue weighted by atomic mass is 35.5. The topological polar surface area (TPSA) is 79.1 Å². The van der Waals surface area contributed by atoms with E-state index in [0.29, 0.717) is 44.9 Å². The van der Waals surface area contributed by atoms with Crippen LogP contribution in [-0.4, -0.2) is 27.2 Å². The second-order valence-electron chi connectivity index (χ2n) is 4.40. The van der Waals surface area contributed by atoms with Gasteiger partial charge in [0.05, 0.1) is 22.9 Å². The Morgan fingerprint density at radius 2 is 1.96 bits per heavy atom. The quantitative estimate of drug-likeness (QED) is 0.404. The van der Waals surface area contributed by atoms with Crippen molar-refractivity contribution in [3.8, 4) is 17.3 Å². The van der Waals surface area contributed by atoms with E-state index >= 15 is 0 Å². The smallest absolute Gasteiger partial charge is 0.218 e. The number of hydrogen-bond donors (Lipinski definition) is 1. The van der Waals surface area contributed by atoms with Crippen LogP contribution in [0.25, 0.3) is 11.6 Å². The van der Waals surface area contributed by atoms with Crippen LogP contribution >= 0.6 is 35.0 Å². The number of ether oxygens (including phenoxy) is 1. The van der Waals surface area contributed by atoms with Gasteiger partial charge in [-0.3, -0.25) is 0 Å². The van der Waals surface area contributed by atoms with E-state index in [0.717, 1.165) is 0 Å². The summed E-state index contributed by atoms with van der Waals surface area (Å²) >= 11 is 13.5. The molecule has 2 heterocycles. The van der Waals surface area contributed by atoms with E-state index in [4.69, 9.17) is 38.2 Å². The molecule has 3 rings (SSSR count). The van der Waals surface area contributed by atoms with Crippen LogP contribution in [0.15, 0.2) is 46.2 Å². The Hall–Kier alpha value is -1.83. The fraction of sp³-hybridized carbons (Fsp3) is 0.143. The predicted molar refractivity (Wildman–Crippen MR) is 90.6 cm³/mol. The summed E-state index contributed by atoms with van der Waals surface area (Å²) < 4.78 is 12.2. The molecule has 6 nitrogen and oxygen atoms in total. The molecule has 0 amide bonds. The third kappa shape index (κ3) is 3.57. The SMILES string of the molecule is Nn1c(SCCOc2c(Cl)cccc2Cl)nnc1-c1ccco1. The van der Waals surface area contributed by atoms with Crippen molar-refractivity contribution < 1.29 is 9.15 Å². The van der Waals surface area contributed by atoms with Crippen molar-refractivity contribution in [2.45, 2.75) is 5.16 Å². The van der Waals surface area contributed by atoms with E-state index in [1.807, 2.05) is 0 Å². The van der Waals surface area contributed by atoms with Crippen molar-refractivity contribution >= 4 is 35.0 Å². The van der Waals surface area contributed by atoms with Gasteiger partial charge in [-0.05, 0) is 24.3 Å². The largest absolute Gasteiger partial charge is 0.490 e. The standard InChI is InChI=1S/C14H12Cl2N4O2S/c15-9-3-1-4-10(16)12(9)22-7-8-23-14-19-18-13(20(14)17)11-5-2-6-21-11/h1-6H,7-8,17H2. The third-order valence-electron chi connectivity index (χ3n) is 2.89. The molecule has 0 aliphatic heterocycles. The fourth-order valence-corrected chi connectivity index (χ4v) is 3.03. The molecule has 3 aromatic rings. The minimum absolute atomic E-state index is 0.400. The second-order valence-corrected chi connectivity index (χ2v) is 6.28. The maximum atomic E-state index is 6.04. The lowest BCUT2D eigenvalue weighted by atomic mass is 10.3. The van der Waals surface area contributed by atoms with Crippen molar-refractivity contribution in [1.82, 2.24) is 14.9 Å². The molecule has 0 spiro atoms. The van der Waals surface area contributed by atoms with Crippen molar-refractivity contribution in [2.24, 2.45) is 0 Å². The Morgan fingerprint density at radius 3 is 2.65 bits per heavy atom. The highest BCUT2D eigenvalue weighted by Gasteiger charge is 2.14. The molecule has 120 valence electrons. The number of aromatic nitrogens is 3. The number of para-hydroxylation sites is 1. The first-order valence-corrected chi connectivity index (χ1v) is 8.35. The molecular formula is C14H12Cl2N4O2S. The van der Waals surface area contributed by atoms with E-state index < -0.39 is 0 Å². The van der Waals surface area contributed by atoms with Gasteiger partial charge in [-0.2, -0.15) is 0 Å². The van der Waals surface area contributed by atoms with Crippen LogP contribution in [0, 0.1) is 0 Å². The molecule has 2 aromatic heterocycles. The minimum Gasteiger partial charge on any atom is -0.490 e. The first kappa shape index (κ1) is 16.0. The number of nitrogens with zero attached hydrogens (tertiary/aromatic N) is 3. The number of thioether (sulfide) groups is 1. The van der Waals surface area contributed by atoms with E-state index in [1.165, 1.54) is 16.4 Å². The summed E-state index contributed by atoms with van der Waals surface area (Å²) in [6.45, 7) is 0.400. The average Bonchev–Trinajstić information content (AvgIpc) is 3.16. The van der Waals surface area contributed by atoms with Gasteiger partial charge in [-0.1, -0.05) is 41.0 Å². The zero-order valence-corrected chi connectivity index (χ0v) is 14.1. The van der Waals surface area contributed by atoms with Gasteiger partial charge in [0.25, 0.3) is 0 Å². The van der Waals surface area contributed by atoms with Crippen LogP contribution in [0.5, 0.6) is 5.75 Å². The van der Waals surface area contributed by atoms with Crippen molar-refractivity contribution in [3.63, 3.8) is 0 Å². The van der Waals surface area contributed by atoms with Gasteiger partial charge in [-0.25, -0.2) is 4.68 Å². The van der Waals surface area contributed by atoms with E-state index in [-0.39, 0.29) is 0 Å². The fourth-order valence-electron chi connectivity index (χ4n) is 1.85. The molecule has 0 saturated carbocycles. The number of benzene rings is 1. The molecule has 0 aliphatic carbocycles. The molecular weight excluding hydrogens is 359 g/mol. The van der Waals surface area contributed by atoms with Crippen LogP contribution in [-0.2, 0) is 0 Å². The molecule has 2 N–H and O–H groups in total. The summed E-state index contributed by atoms with van der Waals surface area (Å²) in [6.07, 6.45) is 1.55. The molecule has 9 heteroatoms. The minimum atomic E-state index is 0.400. The zero-order valence-electron chi connectivity index (χ0n) is 11.8. The van der Waals surface area contributed by atoms with E-state index in [1.54, 1.807) is 36.6 Å². The van der Waals surface area contributed by atoms with Gasteiger partial charge in [0.15, 0.2) is 11.5 Å². The lowest BCUT2D eigenvalue weighted by Crippen LogP contribution is -2.12. The molecule has 0 unspecified atom stereocenters. The van der Waals surface area contributed by atoms with Crippen LogP contribution < -0.4 is 10.6 Å². The Balaban J connectivity index is 1.58. The summed E-state index contributed by atoms with van der Waals surface area (Å²) in [6, 6.07) is 8.74. The van der Waals surface area contributed by atoms with Crippen LogP contribution in [0.2, 0.25) is 10.0 Å². The summed E-state index contributed by atoms with van der Waals surface area (Å²) in [4.78, 5) is 0. The van der Waals surface area contributed by atoms with E-state index in [9.17, 15) is 0 Å². The van der Waals surface area contributed by atoms with Crippen molar-refractivity contribution in [1.29, 1.82) is 0 Å². The Morgan fingerprint density at radius 1 is 1.17 bits per heavy atom. The Bertz CT molecular complexity index is 772. The Labute approximate surface area is 146 Å². The van der Waals surface area contributed by atoms with Gasteiger partial charge in [0, 0.05) is 5.75 Å². The number of nitrogens with two attached hydrogens (primary N) is 1. The van der Waals surface area contributed by atoms with Crippen LogP contribution in [0.3, 0.4) is 0 Å². The third-order valence-corrected chi connectivity index (χ3v) is 4.39. The summed E-state index contributed by atoms with van der Waals surface area (Å²) in [7, 11) is 0. The van der Waals surface area contributed by atoms with Crippen molar-refractivity contribution in [2.75, 3.05) is 18.2 Å². The monoisotopic (exact) mass is 370 g/mol. The molecule has 23 heavy (non-hydrogen) atoms. The molecule has 0 bridgehead atoms. The van der Waals surface area contributed by atoms with Gasteiger partial charge in [-0.15, -0.1) is 10.2 Å². The summed E-state index contributed by atoms with van der Waals surface area (Å²) in [5.41, 5.74) is 0. The maximum Gasteiger partial charge on any atom is 0.218 e. The Kier molecular flexibility index (Phi) is 5.00. The molecule has 0 atom stereocenters. The molecule has 0 radical (unpaired) electrons. The summed E-state index contributed by atoms with van der Waals surface area (Å²) in [5, 5.41) is 9.56.